The van der Waals surface area contributed by atoms with Crippen LogP contribution in [-0.4, -0.2) is 34.2 Å². The average molecular weight is 444 g/mol. The van der Waals surface area contributed by atoms with E-state index in [1.807, 2.05) is 6.92 Å². The van der Waals surface area contributed by atoms with Crippen LogP contribution in [0.5, 0.6) is 11.8 Å². The molecule has 6 nitrogen and oxygen atoms in total. The van der Waals surface area contributed by atoms with E-state index in [0.29, 0.717) is 23.1 Å². The van der Waals surface area contributed by atoms with Crippen LogP contribution >= 0.6 is 0 Å². The van der Waals surface area contributed by atoms with Crippen molar-refractivity contribution in [3.05, 3.63) is 91.9 Å². The molecule has 0 atom stereocenters. The number of benzene rings is 2. The number of hydrogen-bond donors (Lipinski definition) is 0. The molecule has 0 unspecified atom stereocenters. The number of nitrogens with zero attached hydrogens (tertiary/aromatic N) is 4. The van der Waals surface area contributed by atoms with Crippen LogP contribution in [-0.2, 0) is 0 Å². The molecule has 0 bridgehead atoms. The summed E-state index contributed by atoms with van der Waals surface area (Å²) in [7, 11) is 3.06. The quantitative estimate of drug-likeness (QED) is 0.356. The minimum atomic E-state index is -0.276. The number of ether oxygens (including phenoxy) is 2. The van der Waals surface area contributed by atoms with Crippen LogP contribution in [0.3, 0.4) is 0 Å². The molecule has 0 saturated heterocycles. The molecular formula is C24H23F2LiN4O2. The molecule has 4 rings (SSSR count). The molecule has 0 aliphatic carbocycles. The van der Waals surface area contributed by atoms with Gasteiger partial charge in [-0.1, -0.05) is 0 Å². The average Bonchev–Trinajstić information content (AvgIpc) is 2.80. The molecule has 33 heavy (non-hydrogen) atoms. The largest absolute Gasteiger partial charge is 1.00 e. The van der Waals surface area contributed by atoms with Gasteiger partial charge in [0.05, 0.1) is 19.9 Å². The monoisotopic (exact) mass is 444 g/mol. The summed E-state index contributed by atoms with van der Waals surface area (Å²) in [5, 5.41) is 0. The van der Waals surface area contributed by atoms with Crippen LogP contribution in [0, 0.1) is 26.0 Å². The number of rotatable bonds is 4. The Morgan fingerprint density at radius 2 is 1.12 bits per heavy atom. The molecule has 9 heteroatoms. The second-order valence-corrected chi connectivity index (χ2v) is 6.30. The fourth-order valence-electron chi connectivity index (χ4n) is 2.68. The van der Waals surface area contributed by atoms with E-state index >= 15 is 0 Å². The Morgan fingerprint density at radius 1 is 0.667 bits per heavy atom. The fraction of sp³-hybridized carbons (Fsp3) is 0.125. The number of aryl methyl sites for hydroxylation is 1. The smallest absolute Gasteiger partial charge is 0.479 e. The van der Waals surface area contributed by atoms with Crippen molar-refractivity contribution in [1.82, 2.24) is 19.9 Å². The second kappa shape index (κ2) is 13.3. The predicted molar refractivity (Wildman–Crippen MR) is 119 cm³/mol. The van der Waals surface area contributed by atoms with Crippen LogP contribution in [0.4, 0.5) is 8.78 Å². The molecule has 2 aromatic carbocycles. The van der Waals surface area contributed by atoms with E-state index in [4.69, 9.17) is 9.47 Å². The molecule has 166 valence electrons. The Kier molecular flexibility index (Phi) is 11.1. The Bertz CT molecular complexity index is 1140. The van der Waals surface area contributed by atoms with E-state index in [9.17, 15) is 8.78 Å². The number of methoxy groups -OCH3 is 2. The van der Waals surface area contributed by atoms with Gasteiger partial charge in [-0.05, 0) is 55.5 Å². The first-order chi connectivity index (χ1) is 15.0. The van der Waals surface area contributed by atoms with E-state index in [0.717, 1.165) is 16.8 Å². The molecule has 4 aromatic rings. The van der Waals surface area contributed by atoms with Crippen molar-refractivity contribution in [3.8, 4) is 34.3 Å². The molecule has 0 aliphatic heterocycles. The third-order valence-corrected chi connectivity index (χ3v) is 4.15. The van der Waals surface area contributed by atoms with Crippen LogP contribution < -0.4 is 28.3 Å². The number of aromatic nitrogens is 4. The summed E-state index contributed by atoms with van der Waals surface area (Å²) in [6.45, 7) is 1.84. The Hall–Kier alpha value is -3.34. The third kappa shape index (κ3) is 7.34. The summed E-state index contributed by atoms with van der Waals surface area (Å²) >= 11 is 0. The summed E-state index contributed by atoms with van der Waals surface area (Å²) in [4.78, 5) is 16.6. The molecule has 0 radical (unpaired) electrons. The predicted octanol–water partition coefficient (Wildman–Crippen LogP) is 2.35. The second-order valence-electron chi connectivity index (χ2n) is 6.30. The van der Waals surface area contributed by atoms with Gasteiger partial charge in [0.25, 0.3) is 0 Å². The van der Waals surface area contributed by atoms with Gasteiger partial charge in [0, 0.05) is 29.7 Å². The fourth-order valence-corrected chi connectivity index (χ4v) is 2.68. The van der Waals surface area contributed by atoms with Gasteiger partial charge in [-0.15, -0.1) is 0 Å². The summed E-state index contributed by atoms with van der Waals surface area (Å²) in [6, 6.07) is 12.1. The number of hydrogen-bond acceptors (Lipinski definition) is 6. The standard InChI is InChI=1S/C12H11FN2O.C11H9FN2O.CH3.Li/c1-8-7-14-11(12(15-8)16-2)9-3-5-10(13)6-4-9;1-15-11-10(13-6-7-14-11)8-2-4-9(12)5-3-8;;/h3-7H,1-2H3;2-7H,1H3;1H3;/q;;-1;+1. The van der Waals surface area contributed by atoms with Crippen molar-refractivity contribution in [2.24, 2.45) is 0 Å². The van der Waals surface area contributed by atoms with Crippen molar-refractivity contribution in [3.63, 3.8) is 0 Å². The molecular weight excluding hydrogens is 421 g/mol. The molecule has 0 aliphatic rings. The van der Waals surface area contributed by atoms with Crippen molar-refractivity contribution < 1.29 is 37.1 Å². The van der Waals surface area contributed by atoms with Crippen molar-refractivity contribution in [1.29, 1.82) is 0 Å². The normalized spacial score (nSPS) is 9.48. The maximum atomic E-state index is 12.8. The first kappa shape index (κ1) is 27.7. The van der Waals surface area contributed by atoms with E-state index in [1.165, 1.54) is 38.5 Å². The number of halogens is 2. The Morgan fingerprint density at radius 3 is 1.61 bits per heavy atom. The van der Waals surface area contributed by atoms with Gasteiger partial charge in [-0.25, -0.2) is 28.7 Å². The summed E-state index contributed by atoms with van der Waals surface area (Å²) in [5.74, 6) is 0.333. The molecule has 0 amide bonds. The van der Waals surface area contributed by atoms with Crippen LogP contribution in [0.2, 0.25) is 0 Å². The molecule has 0 saturated carbocycles. The van der Waals surface area contributed by atoms with E-state index in [2.05, 4.69) is 19.9 Å². The van der Waals surface area contributed by atoms with Gasteiger partial charge in [-0.3, -0.25) is 0 Å². The van der Waals surface area contributed by atoms with Gasteiger partial charge in [-0.2, -0.15) is 0 Å². The summed E-state index contributed by atoms with van der Waals surface area (Å²) in [5.41, 5.74) is 3.57. The zero-order chi connectivity index (χ0) is 22.2. The first-order valence-electron chi connectivity index (χ1n) is 9.26. The van der Waals surface area contributed by atoms with Crippen LogP contribution in [0.15, 0.2) is 67.1 Å². The summed E-state index contributed by atoms with van der Waals surface area (Å²) < 4.78 is 35.7. The molecule has 0 N–H and O–H groups in total. The van der Waals surface area contributed by atoms with Crippen molar-refractivity contribution >= 4 is 0 Å². The van der Waals surface area contributed by atoms with Crippen LogP contribution in [0.25, 0.3) is 22.5 Å². The summed E-state index contributed by atoms with van der Waals surface area (Å²) in [6.07, 6.45) is 4.77. The molecule has 0 spiro atoms. The molecule has 2 heterocycles. The van der Waals surface area contributed by atoms with Gasteiger partial charge in [0.15, 0.2) is 0 Å². The van der Waals surface area contributed by atoms with Gasteiger partial charge in [0.1, 0.15) is 23.0 Å². The minimum Gasteiger partial charge on any atom is -0.479 e. The first-order valence-corrected chi connectivity index (χ1v) is 9.26. The molecule has 0 fully saturated rings. The maximum Gasteiger partial charge on any atom is 1.00 e. The van der Waals surface area contributed by atoms with Crippen LogP contribution in [0.1, 0.15) is 5.69 Å². The van der Waals surface area contributed by atoms with Crippen molar-refractivity contribution in [2.75, 3.05) is 14.2 Å². The Balaban J connectivity index is 0.000000312. The Labute approximate surface area is 204 Å². The molecule has 2 aromatic heterocycles. The zero-order valence-corrected chi connectivity index (χ0v) is 19.2. The maximum absolute atomic E-state index is 12.8. The van der Waals surface area contributed by atoms with E-state index < -0.39 is 0 Å². The van der Waals surface area contributed by atoms with E-state index in [-0.39, 0.29) is 37.9 Å². The van der Waals surface area contributed by atoms with Gasteiger partial charge < -0.3 is 16.9 Å². The minimum absolute atomic E-state index is 0. The SMILES string of the molecule is COc1nc(C)cnc1-c1ccc(F)cc1.COc1nccnc1-c1ccc(F)cc1.[CH3-].[Li+]. The van der Waals surface area contributed by atoms with Gasteiger partial charge in [0.2, 0.25) is 11.8 Å². The van der Waals surface area contributed by atoms with E-state index in [1.54, 1.807) is 42.9 Å². The van der Waals surface area contributed by atoms with Gasteiger partial charge >= 0.3 is 18.9 Å². The topological polar surface area (TPSA) is 70.0 Å². The zero-order valence-electron chi connectivity index (χ0n) is 19.2. The van der Waals surface area contributed by atoms with Crippen molar-refractivity contribution in [2.45, 2.75) is 6.92 Å². The third-order valence-electron chi connectivity index (χ3n) is 4.15.